The molecule has 1 saturated heterocycles. The number of rotatable bonds is 7. The monoisotopic (exact) mass is 409 g/mol. The van der Waals surface area contributed by atoms with Crippen molar-refractivity contribution in [2.75, 3.05) is 34.4 Å². The van der Waals surface area contributed by atoms with Gasteiger partial charge in [0.15, 0.2) is 11.5 Å². The summed E-state index contributed by atoms with van der Waals surface area (Å²) >= 11 is 6.00. The molecule has 0 radical (unpaired) electrons. The molecule has 0 bridgehead atoms. The van der Waals surface area contributed by atoms with Crippen LogP contribution in [0.1, 0.15) is 15.9 Å². The Balaban J connectivity index is 1.60. The summed E-state index contributed by atoms with van der Waals surface area (Å²) in [6.45, 7) is 1.17. The van der Waals surface area contributed by atoms with E-state index in [0.717, 1.165) is 0 Å². The molecule has 0 aromatic heterocycles. The summed E-state index contributed by atoms with van der Waals surface area (Å²) in [4.78, 5) is 14.4. The van der Waals surface area contributed by atoms with Gasteiger partial charge in [-0.2, -0.15) is 0 Å². The zero-order valence-electron chi connectivity index (χ0n) is 15.8. The van der Waals surface area contributed by atoms with Crippen molar-refractivity contribution in [1.82, 2.24) is 4.90 Å². The van der Waals surface area contributed by atoms with E-state index in [-0.39, 0.29) is 24.4 Å². The number of benzene rings is 2. The maximum Gasteiger partial charge on any atom is 0.254 e. The van der Waals surface area contributed by atoms with Gasteiger partial charge in [-0.3, -0.25) is 4.79 Å². The quantitative estimate of drug-likeness (QED) is 0.700. The van der Waals surface area contributed by atoms with Crippen LogP contribution >= 0.6 is 11.6 Å². The molecule has 1 amide bonds. The fourth-order valence-electron chi connectivity index (χ4n) is 2.94. The van der Waals surface area contributed by atoms with Gasteiger partial charge in [-0.05, 0) is 29.8 Å². The van der Waals surface area contributed by atoms with Crippen LogP contribution in [-0.2, 0) is 11.3 Å². The summed E-state index contributed by atoms with van der Waals surface area (Å²) in [6.07, 6.45) is -0.105. The third-order valence-electron chi connectivity index (χ3n) is 4.54. The third-order valence-corrected chi connectivity index (χ3v) is 4.89. The number of carbonyl (C=O) groups is 1. The molecule has 0 N–H and O–H groups in total. The van der Waals surface area contributed by atoms with E-state index in [1.807, 2.05) is 0 Å². The molecule has 0 spiro atoms. The lowest BCUT2D eigenvalue weighted by Crippen LogP contribution is -2.54. The molecule has 2 aromatic carbocycles. The summed E-state index contributed by atoms with van der Waals surface area (Å²) in [5.74, 6) is 0.731. The van der Waals surface area contributed by atoms with Gasteiger partial charge in [-0.15, -0.1) is 0 Å². The fourth-order valence-corrected chi connectivity index (χ4v) is 3.16. The first-order valence-electron chi connectivity index (χ1n) is 8.61. The van der Waals surface area contributed by atoms with Crippen molar-refractivity contribution in [2.24, 2.45) is 0 Å². The number of halogens is 2. The molecule has 1 fully saturated rings. The Bertz CT molecular complexity index is 845. The molecular formula is C20H21ClFNO5. The van der Waals surface area contributed by atoms with E-state index in [4.69, 9.17) is 30.5 Å². The van der Waals surface area contributed by atoms with Crippen LogP contribution in [0, 0.1) is 5.82 Å². The lowest BCUT2D eigenvalue weighted by molar-refractivity contribution is -0.0503. The molecule has 0 atom stereocenters. The molecule has 2 aromatic rings. The highest BCUT2D eigenvalue weighted by atomic mass is 35.5. The van der Waals surface area contributed by atoms with E-state index in [1.54, 1.807) is 23.1 Å². The van der Waals surface area contributed by atoms with Gasteiger partial charge in [0.1, 0.15) is 5.82 Å². The van der Waals surface area contributed by atoms with Gasteiger partial charge < -0.3 is 23.8 Å². The number of hydrogen-bond acceptors (Lipinski definition) is 5. The number of nitrogens with zero attached hydrogens (tertiary/aromatic N) is 1. The van der Waals surface area contributed by atoms with Gasteiger partial charge in [-0.1, -0.05) is 17.7 Å². The average Bonchev–Trinajstić information content (AvgIpc) is 2.66. The number of amides is 1. The second-order valence-electron chi connectivity index (χ2n) is 6.29. The maximum absolute atomic E-state index is 13.1. The summed E-state index contributed by atoms with van der Waals surface area (Å²) in [7, 11) is 4.51. The van der Waals surface area contributed by atoms with Crippen LogP contribution in [0.15, 0.2) is 30.3 Å². The fraction of sp³-hybridized carbons (Fsp3) is 0.350. The normalized spacial score (nSPS) is 13.8. The van der Waals surface area contributed by atoms with Crippen molar-refractivity contribution in [3.05, 3.63) is 52.3 Å². The zero-order valence-corrected chi connectivity index (χ0v) is 16.6. The molecule has 8 heteroatoms. The van der Waals surface area contributed by atoms with E-state index in [2.05, 4.69) is 0 Å². The van der Waals surface area contributed by atoms with Crippen LogP contribution in [0.5, 0.6) is 17.2 Å². The van der Waals surface area contributed by atoms with Gasteiger partial charge in [0.25, 0.3) is 5.91 Å². The van der Waals surface area contributed by atoms with E-state index in [0.29, 0.717) is 46.5 Å². The highest BCUT2D eigenvalue weighted by molar-refractivity contribution is 6.31. The first-order valence-corrected chi connectivity index (χ1v) is 8.99. The average molecular weight is 410 g/mol. The largest absolute Gasteiger partial charge is 0.493 e. The predicted molar refractivity (Wildman–Crippen MR) is 102 cm³/mol. The summed E-state index contributed by atoms with van der Waals surface area (Å²) < 4.78 is 34.7. The molecule has 3 rings (SSSR count). The Hall–Kier alpha value is -2.51. The second-order valence-corrected chi connectivity index (χ2v) is 6.70. The Morgan fingerprint density at radius 3 is 2.29 bits per heavy atom. The summed E-state index contributed by atoms with van der Waals surface area (Å²) in [5, 5.41) is 0.324. The minimum Gasteiger partial charge on any atom is -0.493 e. The highest BCUT2D eigenvalue weighted by Gasteiger charge is 2.33. The minimum absolute atomic E-state index is 0.105. The molecule has 28 heavy (non-hydrogen) atoms. The zero-order chi connectivity index (χ0) is 20.3. The van der Waals surface area contributed by atoms with Crippen molar-refractivity contribution in [3.63, 3.8) is 0 Å². The molecule has 150 valence electrons. The van der Waals surface area contributed by atoms with Crippen LogP contribution in [0.3, 0.4) is 0 Å². The van der Waals surface area contributed by atoms with Gasteiger partial charge in [0.2, 0.25) is 5.75 Å². The SMILES string of the molecule is COc1cc(C(=O)N2CC(OCc3ccc(F)cc3Cl)C2)cc(OC)c1OC. The number of methoxy groups -OCH3 is 3. The van der Waals surface area contributed by atoms with Crippen molar-refractivity contribution in [2.45, 2.75) is 12.7 Å². The van der Waals surface area contributed by atoms with E-state index < -0.39 is 0 Å². The van der Waals surface area contributed by atoms with Crippen LogP contribution in [0.25, 0.3) is 0 Å². The Morgan fingerprint density at radius 2 is 1.75 bits per heavy atom. The number of likely N-dealkylation sites (tertiary alicyclic amines) is 1. The topological polar surface area (TPSA) is 57.2 Å². The van der Waals surface area contributed by atoms with Crippen molar-refractivity contribution in [3.8, 4) is 17.2 Å². The van der Waals surface area contributed by atoms with Gasteiger partial charge >= 0.3 is 0 Å². The van der Waals surface area contributed by atoms with Gasteiger partial charge in [-0.25, -0.2) is 4.39 Å². The Morgan fingerprint density at radius 1 is 1.11 bits per heavy atom. The molecular weight excluding hydrogens is 389 g/mol. The first kappa shape index (κ1) is 20.2. The molecule has 6 nitrogen and oxygen atoms in total. The molecule has 0 aliphatic carbocycles. The summed E-state index contributed by atoms with van der Waals surface area (Å²) in [5.41, 5.74) is 1.15. The van der Waals surface area contributed by atoms with Crippen LogP contribution in [-0.4, -0.2) is 51.3 Å². The van der Waals surface area contributed by atoms with Gasteiger partial charge in [0.05, 0.1) is 34.0 Å². The van der Waals surface area contributed by atoms with Crippen molar-refractivity contribution in [1.29, 1.82) is 0 Å². The van der Waals surface area contributed by atoms with E-state index in [9.17, 15) is 9.18 Å². The van der Waals surface area contributed by atoms with Crippen LogP contribution < -0.4 is 14.2 Å². The molecule has 1 heterocycles. The Labute approximate surface area is 167 Å². The van der Waals surface area contributed by atoms with Crippen LogP contribution in [0.4, 0.5) is 4.39 Å². The van der Waals surface area contributed by atoms with Crippen molar-refractivity contribution < 1.29 is 28.1 Å². The molecule has 1 aliphatic rings. The Kier molecular flexibility index (Phi) is 6.26. The highest BCUT2D eigenvalue weighted by Crippen LogP contribution is 2.38. The third kappa shape index (κ3) is 4.15. The molecule has 0 saturated carbocycles. The summed E-state index contributed by atoms with van der Waals surface area (Å²) in [6, 6.07) is 7.43. The minimum atomic E-state index is -0.389. The second kappa shape index (κ2) is 8.67. The van der Waals surface area contributed by atoms with E-state index >= 15 is 0 Å². The first-order chi connectivity index (χ1) is 13.5. The predicted octanol–water partition coefficient (Wildman–Crippen LogP) is 3.55. The van der Waals surface area contributed by atoms with Crippen molar-refractivity contribution >= 4 is 17.5 Å². The molecule has 1 aliphatic heterocycles. The standard InChI is InChI=1S/C20H21ClFNO5/c1-25-17-6-13(7-18(26-2)19(17)27-3)20(24)23-9-15(10-23)28-11-12-4-5-14(22)8-16(12)21/h4-8,15H,9-11H2,1-3H3. The molecule has 0 unspecified atom stereocenters. The maximum atomic E-state index is 13.1. The lowest BCUT2D eigenvalue weighted by atomic mass is 10.1. The lowest BCUT2D eigenvalue weighted by Gasteiger charge is -2.39. The van der Waals surface area contributed by atoms with Crippen LogP contribution in [0.2, 0.25) is 5.02 Å². The van der Waals surface area contributed by atoms with E-state index in [1.165, 1.54) is 33.5 Å². The number of hydrogen-bond donors (Lipinski definition) is 0. The van der Waals surface area contributed by atoms with Gasteiger partial charge in [0, 0.05) is 23.7 Å². The smallest absolute Gasteiger partial charge is 0.254 e. The number of carbonyl (C=O) groups excluding carboxylic acids is 1. The number of ether oxygens (including phenoxy) is 4.